The molecule has 0 atom stereocenters. The van der Waals surface area contributed by atoms with Crippen molar-refractivity contribution in [3.05, 3.63) is 41.5 Å². The van der Waals surface area contributed by atoms with Crippen molar-refractivity contribution in [3.63, 3.8) is 0 Å². The SMILES string of the molecule is O=Cc1cccc(C2=CCCOC2)c1. The van der Waals surface area contributed by atoms with Crippen LogP contribution in [0.4, 0.5) is 0 Å². The number of ether oxygens (including phenoxy) is 1. The predicted molar refractivity (Wildman–Crippen MR) is 55.2 cm³/mol. The number of aldehydes is 1. The highest BCUT2D eigenvalue weighted by atomic mass is 16.5. The molecule has 0 saturated carbocycles. The minimum Gasteiger partial charge on any atom is -0.376 e. The van der Waals surface area contributed by atoms with Crippen LogP contribution in [0.2, 0.25) is 0 Å². The summed E-state index contributed by atoms with van der Waals surface area (Å²) in [4.78, 5) is 10.6. The number of hydrogen-bond donors (Lipinski definition) is 0. The van der Waals surface area contributed by atoms with Crippen molar-refractivity contribution in [3.8, 4) is 0 Å². The summed E-state index contributed by atoms with van der Waals surface area (Å²) in [5.41, 5.74) is 2.99. The third-order valence-electron chi connectivity index (χ3n) is 2.30. The molecule has 2 heteroatoms. The molecule has 1 heterocycles. The molecule has 0 aromatic heterocycles. The van der Waals surface area contributed by atoms with Gasteiger partial charge in [-0.05, 0) is 23.6 Å². The maximum absolute atomic E-state index is 10.6. The molecule has 0 unspecified atom stereocenters. The first kappa shape index (κ1) is 9.16. The van der Waals surface area contributed by atoms with E-state index in [-0.39, 0.29) is 0 Å². The summed E-state index contributed by atoms with van der Waals surface area (Å²) in [5.74, 6) is 0. The van der Waals surface area contributed by atoms with Gasteiger partial charge in [0.05, 0.1) is 13.2 Å². The van der Waals surface area contributed by atoms with E-state index in [1.54, 1.807) is 6.07 Å². The Hall–Kier alpha value is -1.41. The van der Waals surface area contributed by atoms with Gasteiger partial charge in [-0.3, -0.25) is 4.79 Å². The molecule has 1 aromatic rings. The van der Waals surface area contributed by atoms with Crippen LogP contribution >= 0.6 is 0 Å². The average Bonchev–Trinajstić information content (AvgIpc) is 2.30. The normalized spacial score (nSPS) is 16.1. The summed E-state index contributed by atoms with van der Waals surface area (Å²) in [6, 6.07) is 7.61. The minimum absolute atomic E-state index is 0.655. The van der Waals surface area contributed by atoms with E-state index in [0.29, 0.717) is 12.2 Å². The maximum Gasteiger partial charge on any atom is 0.150 e. The van der Waals surface area contributed by atoms with Crippen molar-refractivity contribution in [2.75, 3.05) is 13.2 Å². The molecule has 2 nitrogen and oxygen atoms in total. The molecule has 14 heavy (non-hydrogen) atoms. The average molecular weight is 188 g/mol. The summed E-state index contributed by atoms with van der Waals surface area (Å²) >= 11 is 0. The van der Waals surface area contributed by atoms with Crippen LogP contribution in [0, 0.1) is 0 Å². The van der Waals surface area contributed by atoms with Crippen molar-refractivity contribution in [1.29, 1.82) is 0 Å². The van der Waals surface area contributed by atoms with Crippen LogP contribution in [0.5, 0.6) is 0 Å². The lowest BCUT2D eigenvalue weighted by Gasteiger charge is -2.13. The Bertz CT molecular complexity index is 366. The fourth-order valence-electron chi connectivity index (χ4n) is 1.57. The number of rotatable bonds is 2. The second-order valence-corrected chi connectivity index (χ2v) is 3.31. The van der Waals surface area contributed by atoms with Gasteiger partial charge in [-0.1, -0.05) is 24.3 Å². The predicted octanol–water partition coefficient (Wildman–Crippen LogP) is 2.30. The second-order valence-electron chi connectivity index (χ2n) is 3.31. The monoisotopic (exact) mass is 188 g/mol. The summed E-state index contributed by atoms with van der Waals surface area (Å²) in [5, 5.41) is 0. The molecule has 0 fully saturated rings. The fourth-order valence-corrected chi connectivity index (χ4v) is 1.57. The van der Waals surface area contributed by atoms with Gasteiger partial charge in [0.15, 0.2) is 0 Å². The molecule has 1 aromatic carbocycles. The second kappa shape index (κ2) is 4.20. The first-order chi connectivity index (χ1) is 6.90. The van der Waals surface area contributed by atoms with Crippen molar-refractivity contribution < 1.29 is 9.53 Å². The minimum atomic E-state index is 0.655. The van der Waals surface area contributed by atoms with Crippen LogP contribution in [0.15, 0.2) is 30.3 Å². The molecule has 0 aliphatic carbocycles. The zero-order valence-corrected chi connectivity index (χ0v) is 7.90. The molecule has 0 amide bonds. The van der Waals surface area contributed by atoms with Crippen molar-refractivity contribution in [2.24, 2.45) is 0 Å². The van der Waals surface area contributed by atoms with E-state index >= 15 is 0 Å². The molecule has 1 aliphatic rings. The van der Waals surface area contributed by atoms with Crippen LogP contribution < -0.4 is 0 Å². The zero-order valence-electron chi connectivity index (χ0n) is 7.90. The molecule has 0 radical (unpaired) electrons. The number of benzene rings is 1. The molecule has 0 N–H and O–H groups in total. The third kappa shape index (κ3) is 1.91. The largest absolute Gasteiger partial charge is 0.376 e. The molecular weight excluding hydrogens is 176 g/mol. The Balaban J connectivity index is 2.30. The van der Waals surface area contributed by atoms with Gasteiger partial charge in [-0.25, -0.2) is 0 Å². The zero-order chi connectivity index (χ0) is 9.80. The molecule has 72 valence electrons. The van der Waals surface area contributed by atoms with Gasteiger partial charge in [-0.15, -0.1) is 0 Å². The summed E-state index contributed by atoms with van der Waals surface area (Å²) < 4.78 is 5.35. The van der Waals surface area contributed by atoms with Crippen LogP contribution in [0.25, 0.3) is 5.57 Å². The highest BCUT2D eigenvalue weighted by molar-refractivity contribution is 5.78. The van der Waals surface area contributed by atoms with Gasteiger partial charge in [-0.2, -0.15) is 0 Å². The van der Waals surface area contributed by atoms with E-state index in [0.717, 1.165) is 24.9 Å². The molecule has 0 saturated heterocycles. The molecular formula is C12H12O2. The topological polar surface area (TPSA) is 26.3 Å². The van der Waals surface area contributed by atoms with E-state index < -0.39 is 0 Å². The van der Waals surface area contributed by atoms with Gasteiger partial charge in [0.1, 0.15) is 6.29 Å². The number of carbonyl (C=O) groups excluding carboxylic acids is 1. The first-order valence-corrected chi connectivity index (χ1v) is 4.72. The molecule has 0 bridgehead atoms. The third-order valence-corrected chi connectivity index (χ3v) is 2.30. The van der Waals surface area contributed by atoms with Gasteiger partial charge in [0, 0.05) is 5.56 Å². The van der Waals surface area contributed by atoms with Crippen LogP contribution in [-0.2, 0) is 4.74 Å². The first-order valence-electron chi connectivity index (χ1n) is 4.72. The van der Waals surface area contributed by atoms with Crippen LogP contribution in [-0.4, -0.2) is 19.5 Å². The lowest BCUT2D eigenvalue weighted by molar-refractivity contribution is 0.112. The molecule has 1 aliphatic heterocycles. The van der Waals surface area contributed by atoms with Gasteiger partial charge < -0.3 is 4.74 Å². The Morgan fingerprint density at radius 2 is 2.29 bits per heavy atom. The van der Waals surface area contributed by atoms with Gasteiger partial charge >= 0.3 is 0 Å². The maximum atomic E-state index is 10.6. The highest BCUT2D eigenvalue weighted by Gasteiger charge is 2.06. The highest BCUT2D eigenvalue weighted by Crippen LogP contribution is 2.19. The summed E-state index contributed by atoms with van der Waals surface area (Å²) in [7, 11) is 0. The molecule has 2 rings (SSSR count). The quantitative estimate of drug-likeness (QED) is 0.666. The van der Waals surface area contributed by atoms with Gasteiger partial charge in [0.25, 0.3) is 0 Å². The lowest BCUT2D eigenvalue weighted by atomic mass is 10.0. The van der Waals surface area contributed by atoms with Crippen molar-refractivity contribution in [1.82, 2.24) is 0 Å². The van der Waals surface area contributed by atoms with Crippen LogP contribution in [0.1, 0.15) is 22.3 Å². The van der Waals surface area contributed by atoms with E-state index in [2.05, 4.69) is 6.08 Å². The standard InChI is InChI=1S/C12H12O2/c13-8-10-3-1-4-11(7-10)12-5-2-6-14-9-12/h1,3-5,7-8H,2,6,9H2. The van der Waals surface area contributed by atoms with Gasteiger partial charge in [0.2, 0.25) is 0 Å². The Labute approximate surface area is 83.2 Å². The van der Waals surface area contributed by atoms with Crippen LogP contribution in [0.3, 0.4) is 0 Å². The lowest BCUT2D eigenvalue weighted by Crippen LogP contribution is -2.05. The number of carbonyl (C=O) groups is 1. The van der Waals surface area contributed by atoms with E-state index in [9.17, 15) is 4.79 Å². The summed E-state index contributed by atoms with van der Waals surface area (Å²) in [6.07, 6.45) is 4.00. The van der Waals surface area contributed by atoms with Crippen molar-refractivity contribution in [2.45, 2.75) is 6.42 Å². The fraction of sp³-hybridized carbons (Fsp3) is 0.250. The summed E-state index contributed by atoms with van der Waals surface area (Å²) in [6.45, 7) is 1.46. The Morgan fingerprint density at radius 1 is 1.36 bits per heavy atom. The molecule has 0 spiro atoms. The smallest absolute Gasteiger partial charge is 0.150 e. The Kier molecular flexibility index (Phi) is 2.75. The number of hydrogen-bond acceptors (Lipinski definition) is 2. The van der Waals surface area contributed by atoms with E-state index in [4.69, 9.17) is 4.74 Å². The van der Waals surface area contributed by atoms with Crippen molar-refractivity contribution >= 4 is 11.9 Å². The Morgan fingerprint density at radius 3 is 3.00 bits per heavy atom. The van der Waals surface area contributed by atoms with E-state index in [1.165, 1.54) is 5.57 Å². The van der Waals surface area contributed by atoms with E-state index in [1.807, 2.05) is 18.2 Å².